The van der Waals surface area contributed by atoms with Crippen molar-refractivity contribution in [3.8, 4) is 5.75 Å². The van der Waals surface area contributed by atoms with Crippen LogP contribution in [-0.2, 0) is 4.79 Å². The maximum Gasteiger partial charge on any atom is 0.226 e. The van der Waals surface area contributed by atoms with Crippen molar-refractivity contribution in [2.45, 2.75) is 6.42 Å². The fourth-order valence-electron chi connectivity index (χ4n) is 1.88. The molecule has 0 heterocycles. The maximum atomic E-state index is 13.4. The third kappa shape index (κ3) is 4.21. The molecule has 0 unspecified atom stereocenters. The number of halogens is 1. The molecule has 1 amide bonds. The summed E-state index contributed by atoms with van der Waals surface area (Å²) >= 11 is 0. The summed E-state index contributed by atoms with van der Waals surface area (Å²) in [6.07, 6.45) is 0.229. The molecule has 2 aromatic carbocycles. The van der Waals surface area contributed by atoms with Gasteiger partial charge in [-0.2, -0.15) is 0 Å². The highest BCUT2D eigenvalue weighted by Gasteiger charge is 2.07. The zero-order valence-electron chi connectivity index (χ0n) is 11.7. The molecule has 2 rings (SSSR count). The topological polar surface area (TPSA) is 50.4 Å². The van der Waals surface area contributed by atoms with Gasteiger partial charge in [-0.3, -0.25) is 4.79 Å². The van der Waals surface area contributed by atoms with Crippen LogP contribution < -0.4 is 15.4 Å². The van der Waals surface area contributed by atoms with Gasteiger partial charge in [0.05, 0.1) is 18.5 Å². The largest absolute Gasteiger partial charge is 0.495 e. The Morgan fingerprint density at radius 2 is 1.76 bits per heavy atom. The first-order chi connectivity index (χ1) is 10.2. The maximum absolute atomic E-state index is 13.4. The van der Waals surface area contributed by atoms with Gasteiger partial charge in [0.2, 0.25) is 5.91 Å². The Hall–Kier alpha value is -2.56. The van der Waals surface area contributed by atoms with Crippen molar-refractivity contribution >= 4 is 17.3 Å². The standard InChI is InChI=1S/C16H17FN2O2/c1-21-15-9-5-4-8-14(15)19-16(20)10-11-18-13-7-3-2-6-12(13)17/h2-9,18H,10-11H2,1H3,(H,19,20). The molecule has 4 nitrogen and oxygen atoms in total. The van der Waals surface area contributed by atoms with Crippen LogP contribution in [0.2, 0.25) is 0 Å². The van der Waals surface area contributed by atoms with Gasteiger partial charge in [0, 0.05) is 13.0 Å². The van der Waals surface area contributed by atoms with E-state index >= 15 is 0 Å². The average Bonchev–Trinajstić information content (AvgIpc) is 2.50. The molecular weight excluding hydrogens is 271 g/mol. The summed E-state index contributed by atoms with van der Waals surface area (Å²) in [5.41, 5.74) is 1.01. The van der Waals surface area contributed by atoms with Gasteiger partial charge in [0.15, 0.2) is 0 Å². The van der Waals surface area contributed by atoms with E-state index in [1.54, 1.807) is 37.4 Å². The zero-order valence-corrected chi connectivity index (χ0v) is 11.7. The fraction of sp³-hybridized carbons (Fsp3) is 0.188. The van der Waals surface area contributed by atoms with Crippen molar-refractivity contribution in [2.75, 3.05) is 24.3 Å². The molecule has 0 spiro atoms. The molecule has 0 fully saturated rings. The minimum absolute atomic E-state index is 0.164. The van der Waals surface area contributed by atoms with Crippen LogP contribution in [0.15, 0.2) is 48.5 Å². The van der Waals surface area contributed by atoms with Crippen LogP contribution in [0.25, 0.3) is 0 Å². The Kier molecular flexibility index (Phi) is 5.15. The van der Waals surface area contributed by atoms with Crippen LogP contribution in [0.3, 0.4) is 0 Å². The lowest BCUT2D eigenvalue weighted by Gasteiger charge is -2.10. The first-order valence-corrected chi connectivity index (χ1v) is 6.62. The smallest absolute Gasteiger partial charge is 0.226 e. The summed E-state index contributed by atoms with van der Waals surface area (Å²) in [6, 6.07) is 13.5. The van der Waals surface area contributed by atoms with E-state index in [4.69, 9.17) is 4.74 Å². The minimum atomic E-state index is -0.331. The van der Waals surface area contributed by atoms with Gasteiger partial charge < -0.3 is 15.4 Å². The fourth-order valence-corrected chi connectivity index (χ4v) is 1.88. The minimum Gasteiger partial charge on any atom is -0.495 e. The highest BCUT2D eigenvalue weighted by atomic mass is 19.1. The van der Waals surface area contributed by atoms with Crippen LogP contribution in [0.4, 0.5) is 15.8 Å². The van der Waals surface area contributed by atoms with Crippen molar-refractivity contribution < 1.29 is 13.9 Å². The van der Waals surface area contributed by atoms with Gasteiger partial charge in [-0.05, 0) is 24.3 Å². The van der Waals surface area contributed by atoms with Crippen LogP contribution in [-0.4, -0.2) is 19.6 Å². The summed E-state index contributed by atoms with van der Waals surface area (Å²) in [7, 11) is 1.55. The second kappa shape index (κ2) is 7.28. The molecule has 0 aliphatic rings. The van der Waals surface area contributed by atoms with Crippen molar-refractivity contribution in [2.24, 2.45) is 0 Å². The molecule has 2 N–H and O–H groups in total. The van der Waals surface area contributed by atoms with Crippen molar-refractivity contribution in [1.29, 1.82) is 0 Å². The molecule has 0 aliphatic carbocycles. The molecular formula is C16H17FN2O2. The number of hydrogen-bond acceptors (Lipinski definition) is 3. The van der Waals surface area contributed by atoms with E-state index in [9.17, 15) is 9.18 Å². The van der Waals surface area contributed by atoms with E-state index in [0.29, 0.717) is 23.7 Å². The molecule has 0 atom stereocenters. The second-order valence-corrected chi connectivity index (χ2v) is 4.41. The lowest BCUT2D eigenvalue weighted by Crippen LogP contribution is -2.17. The molecule has 0 bridgehead atoms. The van der Waals surface area contributed by atoms with Crippen molar-refractivity contribution in [3.05, 3.63) is 54.3 Å². The van der Waals surface area contributed by atoms with Crippen LogP contribution in [0.1, 0.15) is 6.42 Å². The number of anilines is 2. The number of carbonyl (C=O) groups is 1. The van der Waals surface area contributed by atoms with E-state index in [1.165, 1.54) is 6.07 Å². The third-order valence-corrected chi connectivity index (χ3v) is 2.92. The van der Waals surface area contributed by atoms with Crippen LogP contribution in [0.5, 0.6) is 5.75 Å². The molecule has 110 valence electrons. The first-order valence-electron chi connectivity index (χ1n) is 6.62. The summed E-state index contributed by atoms with van der Waals surface area (Å²) in [6.45, 7) is 0.349. The molecule has 0 saturated carbocycles. The van der Waals surface area contributed by atoms with Crippen LogP contribution in [0, 0.1) is 5.82 Å². The number of rotatable bonds is 6. The number of nitrogens with one attached hydrogen (secondary N) is 2. The summed E-state index contributed by atoms with van der Waals surface area (Å²) in [5.74, 6) is 0.110. The lowest BCUT2D eigenvalue weighted by atomic mass is 10.2. The number of para-hydroxylation sites is 3. The average molecular weight is 288 g/mol. The molecule has 0 aromatic heterocycles. The van der Waals surface area contributed by atoms with Gasteiger partial charge in [-0.15, -0.1) is 0 Å². The van der Waals surface area contributed by atoms with E-state index < -0.39 is 0 Å². The normalized spacial score (nSPS) is 10.0. The van der Waals surface area contributed by atoms with E-state index in [0.717, 1.165) is 0 Å². The quantitative estimate of drug-likeness (QED) is 0.857. The first kappa shape index (κ1) is 14.8. The van der Waals surface area contributed by atoms with Gasteiger partial charge in [-0.1, -0.05) is 24.3 Å². The number of carbonyl (C=O) groups excluding carboxylic acids is 1. The lowest BCUT2D eigenvalue weighted by molar-refractivity contribution is -0.116. The number of methoxy groups -OCH3 is 1. The Bertz CT molecular complexity index is 617. The highest BCUT2D eigenvalue weighted by Crippen LogP contribution is 2.23. The molecule has 2 aromatic rings. The summed E-state index contributed by atoms with van der Waals surface area (Å²) in [4.78, 5) is 11.9. The van der Waals surface area contributed by atoms with Gasteiger partial charge in [0.1, 0.15) is 11.6 Å². The Morgan fingerprint density at radius 3 is 2.48 bits per heavy atom. The predicted molar refractivity (Wildman–Crippen MR) is 81.1 cm³/mol. The molecule has 0 saturated heterocycles. The van der Waals surface area contributed by atoms with Crippen LogP contribution >= 0.6 is 0 Å². The van der Waals surface area contributed by atoms with Crippen molar-refractivity contribution in [1.82, 2.24) is 0 Å². The summed E-state index contributed by atoms with van der Waals surface area (Å²) < 4.78 is 18.5. The highest BCUT2D eigenvalue weighted by molar-refractivity contribution is 5.92. The Morgan fingerprint density at radius 1 is 1.10 bits per heavy atom. The molecule has 0 radical (unpaired) electrons. The summed E-state index contributed by atoms with van der Waals surface area (Å²) in [5, 5.41) is 5.66. The monoisotopic (exact) mass is 288 g/mol. The van der Waals surface area contributed by atoms with E-state index in [2.05, 4.69) is 10.6 Å². The SMILES string of the molecule is COc1ccccc1NC(=O)CCNc1ccccc1F. The predicted octanol–water partition coefficient (Wildman–Crippen LogP) is 3.28. The molecule has 21 heavy (non-hydrogen) atoms. The number of benzene rings is 2. The van der Waals surface area contributed by atoms with Gasteiger partial charge in [0.25, 0.3) is 0 Å². The van der Waals surface area contributed by atoms with Gasteiger partial charge in [-0.25, -0.2) is 4.39 Å². The van der Waals surface area contributed by atoms with E-state index in [1.807, 2.05) is 12.1 Å². The molecule has 5 heteroatoms. The Labute approximate surface area is 122 Å². The zero-order chi connectivity index (χ0) is 15.1. The van der Waals surface area contributed by atoms with Crippen molar-refractivity contribution in [3.63, 3.8) is 0 Å². The molecule has 0 aliphatic heterocycles. The third-order valence-electron chi connectivity index (χ3n) is 2.92. The number of hydrogen-bond donors (Lipinski definition) is 2. The number of ether oxygens (including phenoxy) is 1. The Balaban J connectivity index is 1.84. The van der Waals surface area contributed by atoms with E-state index in [-0.39, 0.29) is 18.1 Å². The van der Waals surface area contributed by atoms with Gasteiger partial charge >= 0.3 is 0 Å². The second-order valence-electron chi connectivity index (χ2n) is 4.41. The number of amides is 1.